The molecule has 0 radical (unpaired) electrons. The summed E-state index contributed by atoms with van der Waals surface area (Å²) in [4.78, 5) is 25.8. The van der Waals surface area contributed by atoms with Crippen molar-refractivity contribution in [2.75, 3.05) is 39.5 Å². The second kappa shape index (κ2) is 6.71. The van der Waals surface area contributed by atoms with E-state index in [9.17, 15) is 9.59 Å². The van der Waals surface area contributed by atoms with Gasteiger partial charge in [-0.15, -0.1) is 0 Å². The standard InChI is InChI=1S/C16H25NO4/c1-12(18)21-11-14-9-16(2,3)8-13(15(14)19)10-17-4-6-20-7-5-17/h9,13H,4-8,10-11H2,1-3H3. The molecule has 118 valence electrons. The maximum Gasteiger partial charge on any atom is 0.302 e. The summed E-state index contributed by atoms with van der Waals surface area (Å²) in [6, 6.07) is 0. The first-order valence-electron chi connectivity index (χ1n) is 7.57. The molecule has 0 N–H and O–H groups in total. The molecular formula is C16H25NO4. The molecule has 1 unspecified atom stereocenters. The van der Waals surface area contributed by atoms with Gasteiger partial charge in [-0.3, -0.25) is 14.5 Å². The predicted octanol–water partition coefficient (Wildman–Crippen LogP) is 1.42. The molecule has 1 heterocycles. The predicted molar refractivity (Wildman–Crippen MR) is 78.9 cm³/mol. The van der Waals surface area contributed by atoms with Crippen LogP contribution >= 0.6 is 0 Å². The lowest BCUT2D eigenvalue weighted by Gasteiger charge is -2.36. The van der Waals surface area contributed by atoms with Gasteiger partial charge in [0.05, 0.1) is 13.2 Å². The molecule has 5 heteroatoms. The van der Waals surface area contributed by atoms with Gasteiger partial charge >= 0.3 is 5.97 Å². The Labute approximate surface area is 126 Å². The number of carbonyl (C=O) groups is 2. The Morgan fingerprint density at radius 1 is 1.43 bits per heavy atom. The average molecular weight is 295 g/mol. The van der Waals surface area contributed by atoms with E-state index in [1.807, 2.05) is 6.08 Å². The zero-order valence-electron chi connectivity index (χ0n) is 13.2. The Hall–Kier alpha value is -1.20. The Bertz CT molecular complexity index is 436. The molecule has 1 aliphatic heterocycles. The molecule has 0 aromatic rings. The minimum atomic E-state index is -0.350. The zero-order chi connectivity index (χ0) is 15.5. The van der Waals surface area contributed by atoms with Crippen LogP contribution in [0.5, 0.6) is 0 Å². The summed E-state index contributed by atoms with van der Waals surface area (Å²) in [6.07, 6.45) is 2.81. The highest BCUT2D eigenvalue weighted by Crippen LogP contribution is 2.35. The van der Waals surface area contributed by atoms with E-state index in [1.165, 1.54) is 6.92 Å². The highest BCUT2D eigenvalue weighted by molar-refractivity contribution is 5.98. The summed E-state index contributed by atoms with van der Waals surface area (Å²) >= 11 is 0. The van der Waals surface area contributed by atoms with Gasteiger partial charge in [0.1, 0.15) is 6.61 Å². The molecule has 0 spiro atoms. The average Bonchev–Trinajstić information content (AvgIpc) is 2.41. The van der Waals surface area contributed by atoms with Gasteiger partial charge in [-0.1, -0.05) is 19.9 Å². The maximum absolute atomic E-state index is 12.6. The lowest BCUT2D eigenvalue weighted by atomic mass is 9.73. The summed E-state index contributed by atoms with van der Waals surface area (Å²) in [5.74, 6) is -0.243. The molecule has 0 bridgehead atoms. The molecule has 1 fully saturated rings. The van der Waals surface area contributed by atoms with Crippen LogP contribution in [0.15, 0.2) is 11.6 Å². The van der Waals surface area contributed by atoms with Crippen LogP contribution in [0.3, 0.4) is 0 Å². The van der Waals surface area contributed by atoms with Gasteiger partial charge in [0, 0.05) is 38.0 Å². The normalized spacial score (nSPS) is 26.3. The number of esters is 1. The number of morpholine rings is 1. The lowest BCUT2D eigenvalue weighted by Crippen LogP contribution is -2.43. The van der Waals surface area contributed by atoms with E-state index in [4.69, 9.17) is 9.47 Å². The summed E-state index contributed by atoms with van der Waals surface area (Å²) in [5, 5.41) is 0. The summed E-state index contributed by atoms with van der Waals surface area (Å²) in [5.41, 5.74) is 0.597. The van der Waals surface area contributed by atoms with Gasteiger partial charge < -0.3 is 9.47 Å². The van der Waals surface area contributed by atoms with E-state index in [1.54, 1.807) is 0 Å². The molecular weight excluding hydrogens is 270 g/mol. The SMILES string of the molecule is CC(=O)OCC1=CC(C)(C)CC(CN2CCOCC2)C1=O. The second-order valence-corrected chi connectivity index (χ2v) is 6.62. The van der Waals surface area contributed by atoms with Crippen molar-refractivity contribution < 1.29 is 19.1 Å². The number of carbonyl (C=O) groups excluding carboxylic acids is 2. The van der Waals surface area contributed by atoms with Crippen molar-refractivity contribution in [3.8, 4) is 0 Å². The molecule has 0 saturated carbocycles. The molecule has 2 rings (SSSR count). The fourth-order valence-corrected chi connectivity index (χ4v) is 3.13. The van der Waals surface area contributed by atoms with Crippen LogP contribution < -0.4 is 0 Å². The van der Waals surface area contributed by atoms with Gasteiger partial charge in [0.2, 0.25) is 0 Å². The topological polar surface area (TPSA) is 55.8 Å². The summed E-state index contributed by atoms with van der Waals surface area (Å²) < 4.78 is 10.4. The maximum atomic E-state index is 12.6. The summed E-state index contributed by atoms with van der Waals surface area (Å²) in [6.45, 7) is 9.71. The van der Waals surface area contributed by atoms with E-state index < -0.39 is 0 Å². The van der Waals surface area contributed by atoms with Crippen molar-refractivity contribution in [2.24, 2.45) is 11.3 Å². The number of hydrogen-bond donors (Lipinski definition) is 0. The number of allylic oxidation sites excluding steroid dienone is 1. The first-order chi connectivity index (χ1) is 9.87. The van der Waals surface area contributed by atoms with E-state index in [0.29, 0.717) is 5.57 Å². The smallest absolute Gasteiger partial charge is 0.302 e. The summed E-state index contributed by atoms with van der Waals surface area (Å²) in [7, 11) is 0. The van der Waals surface area contributed by atoms with Crippen LogP contribution in [-0.4, -0.2) is 56.1 Å². The van der Waals surface area contributed by atoms with Crippen LogP contribution in [0.2, 0.25) is 0 Å². The van der Waals surface area contributed by atoms with Gasteiger partial charge in [-0.25, -0.2) is 0 Å². The van der Waals surface area contributed by atoms with Crippen molar-refractivity contribution in [1.29, 1.82) is 0 Å². The van der Waals surface area contributed by atoms with Crippen molar-refractivity contribution in [3.63, 3.8) is 0 Å². The van der Waals surface area contributed by atoms with Crippen molar-refractivity contribution in [2.45, 2.75) is 27.2 Å². The molecule has 0 aromatic carbocycles. The van der Waals surface area contributed by atoms with E-state index in [0.717, 1.165) is 39.3 Å². The van der Waals surface area contributed by atoms with Gasteiger partial charge in [0.15, 0.2) is 5.78 Å². The van der Waals surface area contributed by atoms with Crippen molar-refractivity contribution in [1.82, 2.24) is 4.90 Å². The third kappa shape index (κ3) is 4.64. The largest absolute Gasteiger partial charge is 0.461 e. The quantitative estimate of drug-likeness (QED) is 0.734. The molecule has 1 saturated heterocycles. The molecule has 5 nitrogen and oxygen atoms in total. The molecule has 0 aromatic heterocycles. The molecule has 0 amide bonds. The van der Waals surface area contributed by atoms with Crippen molar-refractivity contribution >= 4 is 11.8 Å². The fraction of sp³-hybridized carbons (Fsp3) is 0.750. The Kier molecular flexibility index (Phi) is 5.17. The number of ether oxygens (including phenoxy) is 2. The Morgan fingerprint density at radius 3 is 2.71 bits per heavy atom. The first kappa shape index (κ1) is 16.2. The minimum absolute atomic E-state index is 0.0198. The highest BCUT2D eigenvalue weighted by atomic mass is 16.5. The van der Waals surface area contributed by atoms with E-state index >= 15 is 0 Å². The number of rotatable bonds is 4. The molecule has 2 aliphatic rings. The van der Waals surface area contributed by atoms with E-state index in [2.05, 4.69) is 18.7 Å². The third-order valence-electron chi connectivity index (χ3n) is 4.04. The lowest BCUT2D eigenvalue weighted by molar-refractivity contribution is -0.140. The fourth-order valence-electron chi connectivity index (χ4n) is 3.13. The first-order valence-corrected chi connectivity index (χ1v) is 7.57. The number of hydrogen-bond acceptors (Lipinski definition) is 5. The van der Waals surface area contributed by atoms with Crippen LogP contribution in [0.4, 0.5) is 0 Å². The molecule has 1 atom stereocenters. The number of Topliss-reactive ketones (excluding diaryl/α,β-unsaturated/α-hetero) is 1. The van der Waals surface area contributed by atoms with Gasteiger partial charge in [0.25, 0.3) is 0 Å². The van der Waals surface area contributed by atoms with Crippen LogP contribution in [0.25, 0.3) is 0 Å². The Balaban J connectivity index is 2.03. The second-order valence-electron chi connectivity index (χ2n) is 6.62. The van der Waals surface area contributed by atoms with Crippen molar-refractivity contribution in [3.05, 3.63) is 11.6 Å². The van der Waals surface area contributed by atoms with Gasteiger partial charge in [-0.05, 0) is 11.8 Å². The molecule has 21 heavy (non-hydrogen) atoms. The monoisotopic (exact) mass is 295 g/mol. The number of nitrogens with zero attached hydrogens (tertiary/aromatic N) is 1. The van der Waals surface area contributed by atoms with Crippen LogP contribution in [0, 0.1) is 11.3 Å². The molecule has 1 aliphatic carbocycles. The van der Waals surface area contributed by atoms with Gasteiger partial charge in [-0.2, -0.15) is 0 Å². The third-order valence-corrected chi connectivity index (χ3v) is 4.04. The van der Waals surface area contributed by atoms with Crippen LogP contribution in [0.1, 0.15) is 27.2 Å². The Morgan fingerprint density at radius 2 is 2.10 bits per heavy atom. The highest BCUT2D eigenvalue weighted by Gasteiger charge is 2.35. The number of ketones is 1. The van der Waals surface area contributed by atoms with E-state index in [-0.39, 0.29) is 29.7 Å². The van der Waals surface area contributed by atoms with Crippen LogP contribution in [-0.2, 0) is 19.1 Å². The zero-order valence-corrected chi connectivity index (χ0v) is 13.2. The minimum Gasteiger partial charge on any atom is -0.461 e.